The van der Waals surface area contributed by atoms with Gasteiger partial charge in [-0.25, -0.2) is 4.98 Å². The maximum Gasteiger partial charge on any atom is 0.145 e. The van der Waals surface area contributed by atoms with Gasteiger partial charge in [-0.1, -0.05) is 12.1 Å². The SMILES string of the molecule is N#Cc1ccc(Oc2ccccc2C#N)cn1. The van der Waals surface area contributed by atoms with Crippen LogP contribution in [0.1, 0.15) is 11.3 Å². The lowest BCUT2D eigenvalue weighted by Crippen LogP contribution is -1.89. The summed E-state index contributed by atoms with van der Waals surface area (Å²) in [6, 6.07) is 14.1. The minimum absolute atomic E-state index is 0.325. The van der Waals surface area contributed by atoms with Crippen molar-refractivity contribution in [3.05, 3.63) is 53.9 Å². The number of hydrogen-bond acceptors (Lipinski definition) is 4. The standard InChI is InChI=1S/C13H7N3O/c14-7-10-3-1-2-4-13(10)17-12-6-5-11(8-15)16-9-12/h1-6,9H. The molecule has 1 heterocycles. The fourth-order valence-electron chi connectivity index (χ4n) is 1.28. The van der Waals surface area contributed by atoms with Gasteiger partial charge in [-0.2, -0.15) is 10.5 Å². The zero-order valence-corrected chi connectivity index (χ0v) is 8.79. The van der Waals surface area contributed by atoms with Gasteiger partial charge in [0, 0.05) is 0 Å². The lowest BCUT2D eigenvalue weighted by molar-refractivity contribution is 0.478. The Hall–Kier alpha value is -2.85. The molecule has 0 bridgehead atoms. The molecule has 0 spiro atoms. The van der Waals surface area contributed by atoms with E-state index in [4.69, 9.17) is 15.3 Å². The largest absolute Gasteiger partial charge is 0.454 e. The van der Waals surface area contributed by atoms with Crippen molar-refractivity contribution in [2.75, 3.05) is 0 Å². The number of ether oxygens (including phenoxy) is 1. The topological polar surface area (TPSA) is 69.7 Å². The van der Waals surface area contributed by atoms with Gasteiger partial charge in [0.15, 0.2) is 0 Å². The van der Waals surface area contributed by atoms with Crippen LogP contribution in [0.2, 0.25) is 0 Å². The number of hydrogen-bond donors (Lipinski definition) is 0. The van der Waals surface area contributed by atoms with E-state index in [1.165, 1.54) is 6.20 Å². The molecule has 0 saturated carbocycles. The van der Waals surface area contributed by atoms with E-state index in [9.17, 15) is 0 Å². The molecule has 1 aromatic heterocycles. The van der Waals surface area contributed by atoms with E-state index in [-0.39, 0.29) is 0 Å². The smallest absolute Gasteiger partial charge is 0.145 e. The van der Waals surface area contributed by atoms with Crippen LogP contribution in [-0.4, -0.2) is 4.98 Å². The first-order chi connectivity index (χ1) is 8.33. The molecule has 4 nitrogen and oxygen atoms in total. The Morgan fingerprint density at radius 1 is 1.00 bits per heavy atom. The third kappa shape index (κ3) is 2.39. The molecule has 2 aromatic rings. The van der Waals surface area contributed by atoms with E-state index in [0.29, 0.717) is 22.8 Å². The molecule has 0 fully saturated rings. The predicted molar refractivity (Wildman–Crippen MR) is 60.2 cm³/mol. The Balaban J connectivity index is 2.26. The van der Waals surface area contributed by atoms with Crippen molar-refractivity contribution < 1.29 is 4.74 Å². The van der Waals surface area contributed by atoms with Gasteiger partial charge >= 0.3 is 0 Å². The maximum absolute atomic E-state index is 8.89. The third-order valence-corrected chi connectivity index (χ3v) is 2.09. The van der Waals surface area contributed by atoms with Gasteiger partial charge in [-0.3, -0.25) is 0 Å². The van der Waals surface area contributed by atoms with Gasteiger partial charge in [0.25, 0.3) is 0 Å². The second kappa shape index (κ2) is 4.78. The van der Waals surface area contributed by atoms with Crippen molar-refractivity contribution in [3.8, 4) is 23.6 Å². The van der Waals surface area contributed by atoms with Crippen molar-refractivity contribution in [2.45, 2.75) is 0 Å². The molecular formula is C13H7N3O. The van der Waals surface area contributed by atoms with Crippen molar-refractivity contribution in [2.24, 2.45) is 0 Å². The first-order valence-electron chi connectivity index (χ1n) is 4.86. The average molecular weight is 221 g/mol. The van der Waals surface area contributed by atoms with Crippen LogP contribution in [0, 0.1) is 22.7 Å². The summed E-state index contributed by atoms with van der Waals surface area (Å²) in [5.74, 6) is 0.966. The summed E-state index contributed by atoms with van der Waals surface area (Å²) in [5, 5.41) is 17.5. The van der Waals surface area contributed by atoms with Crippen LogP contribution in [0.25, 0.3) is 0 Å². The van der Waals surface area contributed by atoms with E-state index in [1.54, 1.807) is 36.4 Å². The molecule has 0 N–H and O–H groups in total. The van der Waals surface area contributed by atoms with E-state index in [2.05, 4.69) is 4.98 Å². The molecule has 0 aliphatic heterocycles. The summed E-state index contributed by atoms with van der Waals surface area (Å²) < 4.78 is 5.51. The summed E-state index contributed by atoms with van der Waals surface area (Å²) in [6.07, 6.45) is 1.45. The number of rotatable bonds is 2. The summed E-state index contributed by atoms with van der Waals surface area (Å²) >= 11 is 0. The summed E-state index contributed by atoms with van der Waals surface area (Å²) in [4.78, 5) is 3.88. The highest BCUT2D eigenvalue weighted by atomic mass is 16.5. The maximum atomic E-state index is 8.89. The normalized spacial score (nSPS) is 9.06. The molecule has 2 rings (SSSR count). The minimum atomic E-state index is 0.325. The molecule has 0 amide bonds. The number of nitrogens with zero attached hydrogens (tertiary/aromatic N) is 3. The fraction of sp³-hybridized carbons (Fsp3) is 0. The fourth-order valence-corrected chi connectivity index (χ4v) is 1.28. The van der Waals surface area contributed by atoms with Crippen molar-refractivity contribution in [1.29, 1.82) is 10.5 Å². The molecule has 0 aliphatic carbocycles. The van der Waals surface area contributed by atoms with Crippen LogP contribution in [0.5, 0.6) is 11.5 Å². The van der Waals surface area contributed by atoms with E-state index >= 15 is 0 Å². The van der Waals surface area contributed by atoms with E-state index in [0.717, 1.165) is 0 Å². The molecular weight excluding hydrogens is 214 g/mol. The Kier molecular flexibility index (Phi) is 3.00. The highest BCUT2D eigenvalue weighted by Crippen LogP contribution is 2.23. The quantitative estimate of drug-likeness (QED) is 0.781. The lowest BCUT2D eigenvalue weighted by atomic mass is 10.2. The van der Waals surface area contributed by atoms with Crippen LogP contribution in [0.15, 0.2) is 42.6 Å². The van der Waals surface area contributed by atoms with Gasteiger partial charge in [-0.05, 0) is 24.3 Å². The van der Waals surface area contributed by atoms with Crippen molar-refractivity contribution >= 4 is 0 Å². The zero-order chi connectivity index (χ0) is 12.1. The lowest BCUT2D eigenvalue weighted by Gasteiger charge is -2.06. The van der Waals surface area contributed by atoms with E-state index in [1.807, 2.05) is 12.1 Å². The Morgan fingerprint density at radius 3 is 2.47 bits per heavy atom. The predicted octanol–water partition coefficient (Wildman–Crippen LogP) is 2.62. The molecule has 0 atom stereocenters. The highest BCUT2D eigenvalue weighted by Gasteiger charge is 2.03. The summed E-state index contributed by atoms with van der Waals surface area (Å²) in [6.45, 7) is 0. The van der Waals surface area contributed by atoms with Gasteiger partial charge in [-0.15, -0.1) is 0 Å². The van der Waals surface area contributed by atoms with Crippen LogP contribution < -0.4 is 4.74 Å². The first-order valence-corrected chi connectivity index (χ1v) is 4.86. The zero-order valence-electron chi connectivity index (χ0n) is 8.79. The number of pyridine rings is 1. The molecule has 0 saturated heterocycles. The highest BCUT2D eigenvalue weighted by molar-refractivity contribution is 5.44. The number of nitriles is 2. The number of benzene rings is 1. The number of aromatic nitrogens is 1. The monoisotopic (exact) mass is 221 g/mol. The molecule has 80 valence electrons. The molecule has 17 heavy (non-hydrogen) atoms. The molecule has 0 aliphatic rings. The molecule has 0 radical (unpaired) electrons. The molecule has 1 aromatic carbocycles. The van der Waals surface area contributed by atoms with Crippen molar-refractivity contribution in [3.63, 3.8) is 0 Å². The average Bonchev–Trinajstić information content (AvgIpc) is 2.40. The van der Waals surface area contributed by atoms with Gasteiger partial charge in [0.2, 0.25) is 0 Å². The first kappa shape index (κ1) is 10.7. The molecule has 0 unspecified atom stereocenters. The Bertz CT molecular complexity index is 606. The van der Waals surface area contributed by atoms with Gasteiger partial charge in [0.05, 0.1) is 11.8 Å². The third-order valence-electron chi connectivity index (χ3n) is 2.09. The number of para-hydroxylation sites is 1. The second-order valence-electron chi connectivity index (χ2n) is 3.20. The van der Waals surface area contributed by atoms with Crippen molar-refractivity contribution in [1.82, 2.24) is 4.98 Å². The molecule has 4 heteroatoms. The van der Waals surface area contributed by atoms with Crippen LogP contribution >= 0.6 is 0 Å². The van der Waals surface area contributed by atoms with E-state index < -0.39 is 0 Å². The summed E-state index contributed by atoms with van der Waals surface area (Å²) in [5.41, 5.74) is 0.780. The van der Waals surface area contributed by atoms with Crippen LogP contribution in [0.4, 0.5) is 0 Å². The minimum Gasteiger partial charge on any atom is -0.454 e. The Morgan fingerprint density at radius 2 is 1.82 bits per heavy atom. The van der Waals surface area contributed by atoms with Crippen LogP contribution in [-0.2, 0) is 0 Å². The van der Waals surface area contributed by atoms with Crippen LogP contribution in [0.3, 0.4) is 0 Å². The van der Waals surface area contributed by atoms with Gasteiger partial charge < -0.3 is 4.74 Å². The Labute approximate surface area is 98.3 Å². The second-order valence-corrected chi connectivity index (χ2v) is 3.20. The summed E-state index contributed by atoms with van der Waals surface area (Å²) in [7, 11) is 0. The van der Waals surface area contributed by atoms with Gasteiger partial charge in [0.1, 0.15) is 29.3 Å².